The molecule has 0 unspecified atom stereocenters. The summed E-state index contributed by atoms with van der Waals surface area (Å²) < 4.78 is 0. The van der Waals surface area contributed by atoms with Crippen LogP contribution in [0.1, 0.15) is 42.6 Å². The second-order valence-corrected chi connectivity index (χ2v) is 7.09. The highest BCUT2D eigenvalue weighted by Gasteiger charge is 2.22. The molecular weight excluding hydrogens is 342 g/mol. The SMILES string of the molecule is O=C(NC1CCCCC1)c1cc(N2CCN(c3ncccn3)CC2)ncn1. The van der Waals surface area contributed by atoms with Gasteiger partial charge in [0.2, 0.25) is 5.95 Å². The zero-order chi connectivity index (χ0) is 18.5. The van der Waals surface area contributed by atoms with Crippen molar-refractivity contribution >= 4 is 17.7 Å². The van der Waals surface area contributed by atoms with Gasteiger partial charge in [-0.1, -0.05) is 19.3 Å². The molecule has 3 heterocycles. The lowest BCUT2D eigenvalue weighted by atomic mass is 9.95. The lowest BCUT2D eigenvalue weighted by Crippen LogP contribution is -2.47. The molecule has 1 amide bonds. The number of carbonyl (C=O) groups excluding carboxylic acids is 1. The molecule has 1 saturated carbocycles. The Balaban J connectivity index is 1.37. The summed E-state index contributed by atoms with van der Waals surface area (Å²) in [4.78, 5) is 34.1. The largest absolute Gasteiger partial charge is 0.353 e. The van der Waals surface area contributed by atoms with Gasteiger partial charge in [0.25, 0.3) is 5.91 Å². The van der Waals surface area contributed by atoms with Crippen molar-refractivity contribution in [3.63, 3.8) is 0 Å². The van der Waals surface area contributed by atoms with Crippen LogP contribution in [0.25, 0.3) is 0 Å². The molecule has 2 aromatic heterocycles. The fourth-order valence-corrected chi connectivity index (χ4v) is 3.74. The lowest BCUT2D eigenvalue weighted by Gasteiger charge is -2.35. The Morgan fingerprint density at radius 2 is 1.63 bits per heavy atom. The van der Waals surface area contributed by atoms with Crippen molar-refractivity contribution < 1.29 is 4.79 Å². The molecule has 27 heavy (non-hydrogen) atoms. The number of hydrogen-bond acceptors (Lipinski definition) is 7. The molecule has 0 aromatic carbocycles. The average Bonchev–Trinajstić information content (AvgIpc) is 2.75. The highest BCUT2D eigenvalue weighted by molar-refractivity contribution is 5.93. The topological polar surface area (TPSA) is 87.1 Å². The molecule has 1 aliphatic carbocycles. The predicted octanol–water partition coefficient (Wildman–Crippen LogP) is 1.66. The van der Waals surface area contributed by atoms with Gasteiger partial charge < -0.3 is 15.1 Å². The van der Waals surface area contributed by atoms with E-state index in [0.717, 1.165) is 50.8 Å². The monoisotopic (exact) mass is 367 g/mol. The average molecular weight is 367 g/mol. The van der Waals surface area contributed by atoms with Gasteiger partial charge in [-0.2, -0.15) is 0 Å². The first kappa shape index (κ1) is 17.6. The molecular formula is C19H25N7O. The Hall–Kier alpha value is -2.77. The van der Waals surface area contributed by atoms with E-state index >= 15 is 0 Å². The minimum atomic E-state index is -0.0955. The van der Waals surface area contributed by atoms with Crippen LogP contribution in [0.5, 0.6) is 0 Å². The van der Waals surface area contributed by atoms with Gasteiger partial charge in [0, 0.05) is 50.7 Å². The number of rotatable bonds is 4. The third-order valence-electron chi connectivity index (χ3n) is 5.26. The summed E-state index contributed by atoms with van der Waals surface area (Å²) in [6, 6.07) is 3.90. The van der Waals surface area contributed by atoms with E-state index in [2.05, 4.69) is 35.1 Å². The molecule has 1 aliphatic heterocycles. The Labute approximate surface area is 159 Å². The van der Waals surface area contributed by atoms with Gasteiger partial charge in [-0.25, -0.2) is 19.9 Å². The lowest BCUT2D eigenvalue weighted by molar-refractivity contribution is 0.0922. The highest BCUT2D eigenvalue weighted by atomic mass is 16.1. The fourth-order valence-electron chi connectivity index (χ4n) is 3.74. The normalized spacial score (nSPS) is 18.4. The minimum Gasteiger partial charge on any atom is -0.353 e. The fraction of sp³-hybridized carbons (Fsp3) is 0.526. The van der Waals surface area contributed by atoms with Crippen LogP contribution in [0.3, 0.4) is 0 Å². The van der Waals surface area contributed by atoms with Crippen molar-refractivity contribution in [3.8, 4) is 0 Å². The second kappa shape index (κ2) is 8.28. The third-order valence-corrected chi connectivity index (χ3v) is 5.26. The molecule has 8 heteroatoms. The number of aromatic nitrogens is 4. The van der Waals surface area contributed by atoms with E-state index in [1.54, 1.807) is 18.5 Å². The summed E-state index contributed by atoms with van der Waals surface area (Å²) in [5.41, 5.74) is 0.444. The number of carbonyl (C=O) groups is 1. The molecule has 0 spiro atoms. The molecule has 2 aromatic rings. The Morgan fingerprint density at radius 3 is 2.37 bits per heavy atom. The summed E-state index contributed by atoms with van der Waals surface area (Å²) >= 11 is 0. The molecule has 1 saturated heterocycles. The second-order valence-electron chi connectivity index (χ2n) is 7.09. The first-order valence-corrected chi connectivity index (χ1v) is 9.69. The maximum absolute atomic E-state index is 12.5. The van der Waals surface area contributed by atoms with Crippen LogP contribution in [0.15, 0.2) is 30.9 Å². The minimum absolute atomic E-state index is 0.0955. The summed E-state index contributed by atoms with van der Waals surface area (Å²) in [6.07, 6.45) is 10.8. The third kappa shape index (κ3) is 4.32. The first-order chi connectivity index (χ1) is 13.3. The molecule has 8 nitrogen and oxygen atoms in total. The molecule has 1 N–H and O–H groups in total. The van der Waals surface area contributed by atoms with Gasteiger partial charge >= 0.3 is 0 Å². The molecule has 0 bridgehead atoms. The van der Waals surface area contributed by atoms with E-state index in [9.17, 15) is 4.79 Å². The van der Waals surface area contributed by atoms with E-state index < -0.39 is 0 Å². The highest BCUT2D eigenvalue weighted by Crippen LogP contribution is 2.19. The molecule has 4 rings (SSSR count). The summed E-state index contributed by atoms with van der Waals surface area (Å²) in [6.45, 7) is 3.24. The smallest absolute Gasteiger partial charge is 0.270 e. The quantitative estimate of drug-likeness (QED) is 0.879. The van der Waals surface area contributed by atoms with Crippen LogP contribution in [0.4, 0.5) is 11.8 Å². The maximum atomic E-state index is 12.5. The first-order valence-electron chi connectivity index (χ1n) is 9.69. The van der Waals surface area contributed by atoms with Crippen LogP contribution in [-0.4, -0.2) is 58.1 Å². The van der Waals surface area contributed by atoms with Crippen LogP contribution < -0.4 is 15.1 Å². The van der Waals surface area contributed by atoms with E-state index in [-0.39, 0.29) is 11.9 Å². The van der Waals surface area contributed by atoms with Crippen molar-refractivity contribution in [2.75, 3.05) is 36.0 Å². The summed E-state index contributed by atoms with van der Waals surface area (Å²) in [5, 5.41) is 3.12. The van der Waals surface area contributed by atoms with Gasteiger partial charge in [-0.3, -0.25) is 4.79 Å². The van der Waals surface area contributed by atoms with Gasteiger partial charge in [0.05, 0.1) is 0 Å². The zero-order valence-electron chi connectivity index (χ0n) is 15.4. The molecule has 0 radical (unpaired) electrons. The predicted molar refractivity (Wildman–Crippen MR) is 103 cm³/mol. The van der Waals surface area contributed by atoms with Crippen LogP contribution >= 0.6 is 0 Å². The standard InChI is InChI=1S/C19H25N7O/c27-18(24-15-5-2-1-3-6-15)16-13-17(23-14-22-16)25-9-11-26(12-10-25)19-20-7-4-8-21-19/h4,7-8,13-15H,1-3,5-6,9-12H2,(H,24,27). The summed E-state index contributed by atoms with van der Waals surface area (Å²) in [7, 11) is 0. The van der Waals surface area contributed by atoms with Crippen LogP contribution in [0, 0.1) is 0 Å². The van der Waals surface area contributed by atoms with Crippen molar-refractivity contribution in [2.45, 2.75) is 38.1 Å². The number of piperazine rings is 1. The summed E-state index contributed by atoms with van der Waals surface area (Å²) in [5.74, 6) is 1.46. The van der Waals surface area contributed by atoms with Crippen LogP contribution in [0.2, 0.25) is 0 Å². The molecule has 2 fully saturated rings. The number of hydrogen-bond donors (Lipinski definition) is 1. The van der Waals surface area contributed by atoms with E-state index in [4.69, 9.17) is 0 Å². The Bertz CT molecular complexity index is 756. The zero-order valence-corrected chi connectivity index (χ0v) is 15.4. The molecule has 0 atom stereocenters. The Kier molecular flexibility index (Phi) is 5.41. The van der Waals surface area contributed by atoms with Crippen molar-refractivity contribution in [1.29, 1.82) is 0 Å². The van der Waals surface area contributed by atoms with Crippen molar-refractivity contribution in [2.24, 2.45) is 0 Å². The van der Waals surface area contributed by atoms with Crippen molar-refractivity contribution in [1.82, 2.24) is 25.3 Å². The van der Waals surface area contributed by atoms with Crippen molar-refractivity contribution in [3.05, 3.63) is 36.5 Å². The number of amides is 1. The maximum Gasteiger partial charge on any atom is 0.270 e. The number of nitrogens with zero attached hydrogens (tertiary/aromatic N) is 6. The van der Waals surface area contributed by atoms with E-state index in [0.29, 0.717) is 5.69 Å². The number of nitrogens with one attached hydrogen (secondary N) is 1. The van der Waals surface area contributed by atoms with Gasteiger partial charge in [0.15, 0.2) is 0 Å². The molecule has 2 aliphatic rings. The van der Waals surface area contributed by atoms with Gasteiger partial charge in [-0.15, -0.1) is 0 Å². The van der Waals surface area contributed by atoms with Crippen LogP contribution in [-0.2, 0) is 0 Å². The Morgan fingerprint density at radius 1 is 0.926 bits per heavy atom. The van der Waals surface area contributed by atoms with Gasteiger partial charge in [-0.05, 0) is 18.9 Å². The molecule has 142 valence electrons. The van der Waals surface area contributed by atoms with E-state index in [1.807, 2.05) is 6.07 Å². The number of anilines is 2. The van der Waals surface area contributed by atoms with E-state index in [1.165, 1.54) is 25.6 Å². The van der Waals surface area contributed by atoms with Gasteiger partial charge in [0.1, 0.15) is 17.8 Å².